The van der Waals surface area contributed by atoms with Crippen LogP contribution in [0.25, 0.3) is 0 Å². The van der Waals surface area contributed by atoms with E-state index in [0.29, 0.717) is 11.5 Å². The van der Waals surface area contributed by atoms with Crippen LogP contribution in [0.15, 0.2) is 54.6 Å². The van der Waals surface area contributed by atoms with E-state index in [0.717, 1.165) is 10.6 Å². The largest absolute Gasteiger partial charge is 0.480 e. The van der Waals surface area contributed by atoms with Crippen molar-refractivity contribution in [3.05, 3.63) is 54.6 Å². The molecule has 2 aromatic rings. The quantitative estimate of drug-likeness (QED) is 0.877. The molecule has 0 aliphatic heterocycles. The zero-order valence-corrected chi connectivity index (χ0v) is 13.5. The first kappa shape index (κ1) is 16.8. The first-order chi connectivity index (χ1) is 10.8. The van der Waals surface area contributed by atoms with Crippen LogP contribution in [0.5, 0.6) is 11.5 Å². The van der Waals surface area contributed by atoms with Gasteiger partial charge in [0, 0.05) is 0 Å². The molecule has 0 bridgehead atoms. The lowest BCUT2D eigenvalue weighted by Gasteiger charge is -2.26. The van der Waals surface area contributed by atoms with E-state index in [-0.39, 0.29) is 5.69 Å². The number of carbonyl (C=O) groups is 1. The molecule has 2 aromatic carbocycles. The number of rotatable bonds is 6. The molecule has 1 atom stereocenters. The molecule has 0 unspecified atom stereocenters. The van der Waals surface area contributed by atoms with Crippen molar-refractivity contribution in [2.45, 2.75) is 13.0 Å². The topological polar surface area (TPSA) is 83.9 Å². The molecular weight excluding hydrogens is 318 g/mol. The molecule has 0 saturated heterocycles. The van der Waals surface area contributed by atoms with Crippen LogP contribution in [0.4, 0.5) is 5.69 Å². The summed E-state index contributed by atoms with van der Waals surface area (Å²) in [6.07, 6.45) is 0.973. The molecule has 0 fully saturated rings. The van der Waals surface area contributed by atoms with Crippen LogP contribution in [0.2, 0.25) is 0 Å². The highest BCUT2D eigenvalue weighted by Crippen LogP contribution is 2.26. The lowest BCUT2D eigenvalue weighted by Crippen LogP contribution is -2.42. The Labute approximate surface area is 135 Å². The first-order valence-electron chi connectivity index (χ1n) is 6.84. The predicted octanol–water partition coefficient (Wildman–Crippen LogP) is 2.72. The van der Waals surface area contributed by atoms with Gasteiger partial charge < -0.3 is 9.84 Å². The summed E-state index contributed by atoms with van der Waals surface area (Å²) in [5.74, 6) is -0.0458. The highest BCUT2D eigenvalue weighted by molar-refractivity contribution is 7.92. The van der Waals surface area contributed by atoms with Crippen LogP contribution in [0.1, 0.15) is 6.92 Å². The van der Waals surface area contributed by atoms with Crippen molar-refractivity contribution in [3.63, 3.8) is 0 Å². The minimum atomic E-state index is -3.72. The van der Waals surface area contributed by atoms with Crippen LogP contribution in [-0.4, -0.2) is 31.8 Å². The second-order valence-electron chi connectivity index (χ2n) is 4.98. The zero-order chi connectivity index (χ0) is 17.0. The lowest BCUT2D eigenvalue weighted by molar-refractivity contribution is -0.137. The van der Waals surface area contributed by atoms with E-state index < -0.39 is 22.0 Å². The van der Waals surface area contributed by atoms with E-state index in [9.17, 15) is 13.2 Å². The third-order valence-electron chi connectivity index (χ3n) is 3.14. The minimum Gasteiger partial charge on any atom is -0.480 e. The highest BCUT2D eigenvalue weighted by Gasteiger charge is 2.28. The highest BCUT2D eigenvalue weighted by atomic mass is 32.2. The summed E-state index contributed by atoms with van der Waals surface area (Å²) >= 11 is 0. The molecule has 1 N–H and O–H groups in total. The van der Waals surface area contributed by atoms with Gasteiger partial charge in [-0.25, -0.2) is 13.2 Å². The predicted molar refractivity (Wildman–Crippen MR) is 87.4 cm³/mol. The fourth-order valence-corrected chi connectivity index (χ4v) is 3.26. The standard InChI is InChI=1S/C16H17NO5S/c1-12(16(18)19)17(23(2,20)21)13-8-10-15(11-9-13)22-14-6-4-3-5-7-14/h3-12H,1-2H3,(H,18,19)/t12-/m0/s1. The maximum absolute atomic E-state index is 11.9. The second kappa shape index (κ2) is 6.70. The summed E-state index contributed by atoms with van der Waals surface area (Å²) in [5, 5.41) is 9.10. The average molecular weight is 335 g/mol. The number of sulfonamides is 1. The first-order valence-corrected chi connectivity index (χ1v) is 8.69. The fraction of sp³-hybridized carbons (Fsp3) is 0.188. The number of carboxylic acid groups (broad SMARTS) is 1. The Morgan fingerprint density at radius 3 is 2.04 bits per heavy atom. The van der Waals surface area contributed by atoms with E-state index in [2.05, 4.69) is 0 Å². The lowest BCUT2D eigenvalue weighted by atomic mass is 10.2. The molecule has 2 rings (SSSR count). The normalized spacial score (nSPS) is 12.4. The summed E-state index contributed by atoms with van der Waals surface area (Å²) in [6.45, 7) is 1.32. The Bertz CT molecular complexity index is 772. The number of hydrogen-bond donors (Lipinski definition) is 1. The monoisotopic (exact) mass is 335 g/mol. The Morgan fingerprint density at radius 2 is 1.57 bits per heavy atom. The molecule has 0 spiro atoms. The maximum atomic E-state index is 11.9. The van der Waals surface area contributed by atoms with E-state index in [4.69, 9.17) is 9.84 Å². The van der Waals surface area contributed by atoms with Crippen molar-refractivity contribution < 1.29 is 23.1 Å². The van der Waals surface area contributed by atoms with Gasteiger partial charge in [-0.2, -0.15) is 0 Å². The Hall–Kier alpha value is -2.54. The van der Waals surface area contributed by atoms with Crippen LogP contribution >= 0.6 is 0 Å². The van der Waals surface area contributed by atoms with Gasteiger partial charge in [0.2, 0.25) is 10.0 Å². The van der Waals surface area contributed by atoms with Gasteiger partial charge in [0.1, 0.15) is 17.5 Å². The van der Waals surface area contributed by atoms with E-state index in [1.54, 1.807) is 24.3 Å². The molecule has 6 nitrogen and oxygen atoms in total. The van der Waals surface area contributed by atoms with E-state index in [1.807, 2.05) is 18.2 Å². The van der Waals surface area contributed by atoms with Gasteiger partial charge in [-0.15, -0.1) is 0 Å². The summed E-state index contributed by atoms with van der Waals surface area (Å²) < 4.78 is 30.3. The third-order valence-corrected chi connectivity index (χ3v) is 4.38. The third kappa shape index (κ3) is 4.23. The Balaban J connectivity index is 2.27. The average Bonchev–Trinajstić information content (AvgIpc) is 2.49. The fourth-order valence-electron chi connectivity index (χ4n) is 2.09. The molecule has 7 heteroatoms. The Morgan fingerprint density at radius 1 is 1.04 bits per heavy atom. The van der Waals surface area contributed by atoms with Crippen molar-refractivity contribution in [2.24, 2.45) is 0 Å². The van der Waals surface area contributed by atoms with Crippen LogP contribution in [0, 0.1) is 0 Å². The van der Waals surface area contributed by atoms with Crippen LogP contribution < -0.4 is 9.04 Å². The van der Waals surface area contributed by atoms with Crippen molar-refractivity contribution in [1.29, 1.82) is 0 Å². The van der Waals surface area contributed by atoms with Crippen molar-refractivity contribution in [2.75, 3.05) is 10.6 Å². The number of para-hydroxylation sites is 1. The molecule has 122 valence electrons. The molecule has 0 aliphatic rings. The smallest absolute Gasteiger partial charge is 0.327 e. The van der Waals surface area contributed by atoms with Gasteiger partial charge in [0.15, 0.2) is 0 Å². The van der Waals surface area contributed by atoms with Crippen molar-refractivity contribution in [1.82, 2.24) is 0 Å². The molecule has 0 radical (unpaired) electrons. The second-order valence-corrected chi connectivity index (χ2v) is 6.84. The molecule has 0 aliphatic carbocycles. The SMILES string of the molecule is C[C@@H](C(=O)O)N(c1ccc(Oc2ccccc2)cc1)S(C)(=O)=O. The number of hydrogen-bond acceptors (Lipinski definition) is 4. The summed E-state index contributed by atoms with van der Waals surface area (Å²) in [6, 6.07) is 14.1. The molecule has 0 heterocycles. The molecule has 23 heavy (non-hydrogen) atoms. The van der Waals surface area contributed by atoms with Crippen molar-refractivity contribution in [3.8, 4) is 11.5 Å². The van der Waals surface area contributed by atoms with Gasteiger partial charge in [-0.3, -0.25) is 4.31 Å². The van der Waals surface area contributed by atoms with E-state index in [1.165, 1.54) is 19.1 Å². The number of nitrogens with zero attached hydrogens (tertiary/aromatic N) is 1. The van der Waals surface area contributed by atoms with Gasteiger partial charge in [0.05, 0.1) is 11.9 Å². The van der Waals surface area contributed by atoms with Crippen molar-refractivity contribution >= 4 is 21.7 Å². The number of ether oxygens (including phenoxy) is 1. The number of carboxylic acids is 1. The number of aliphatic carboxylic acids is 1. The number of anilines is 1. The van der Waals surface area contributed by atoms with Crippen LogP contribution in [0.3, 0.4) is 0 Å². The minimum absolute atomic E-state index is 0.266. The molecule has 0 saturated carbocycles. The summed E-state index contributed by atoms with van der Waals surface area (Å²) in [5.41, 5.74) is 0.266. The van der Waals surface area contributed by atoms with Gasteiger partial charge in [-0.1, -0.05) is 18.2 Å². The van der Waals surface area contributed by atoms with Crippen LogP contribution in [-0.2, 0) is 14.8 Å². The van der Waals surface area contributed by atoms with E-state index >= 15 is 0 Å². The molecular formula is C16H17NO5S. The molecule has 0 aromatic heterocycles. The van der Waals surface area contributed by atoms with Gasteiger partial charge in [-0.05, 0) is 43.3 Å². The maximum Gasteiger partial charge on any atom is 0.327 e. The van der Waals surface area contributed by atoms with Gasteiger partial charge >= 0.3 is 5.97 Å². The van der Waals surface area contributed by atoms with Gasteiger partial charge in [0.25, 0.3) is 0 Å². The Kier molecular flexibility index (Phi) is 4.90. The molecule has 0 amide bonds. The summed E-state index contributed by atoms with van der Waals surface area (Å²) in [4.78, 5) is 11.1. The zero-order valence-electron chi connectivity index (χ0n) is 12.7. The summed E-state index contributed by atoms with van der Waals surface area (Å²) in [7, 11) is -3.72. The number of benzene rings is 2.